The van der Waals surface area contributed by atoms with Crippen LogP contribution in [0, 0.1) is 10.1 Å². The van der Waals surface area contributed by atoms with Crippen molar-refractivity contribution in [3.63, 3.8) is 0 Å². The Bertz CT molecular complexity index is 1270. The Morgan fingerprint density at radius 2 is 1.81 bits per heavy atom. The van der Waals surface area contributed by atoms with Crippen LogP contribution in [0.15, 0.2) is 72.0 Å². The fourth-order valence-corrected chi connectivity index (χ4v) is 4.38. The number of aryl methyl sites for hydroxylation is 1. The molecule has 0 fully saturated rings. The summed E-state index contributed by atoms with van der Waals surface area (Å²) in [6, 6.07) is 12.2. The fraction of sp³-hybridized carbons (Fsp3) is 0.0556. The van der Waals surface area contributed by atoms with Gasteiger partial charge < -0.3 is 0 Å². The highest BCUT2D eigenvalue weighted by atomic mass is 32.2. The molecule has 2 aromatic carbocycles. The van der Waals surface area contributed by atoms with E-state index in [2.05, 4.69) is 5.10 Å². The maximum absolute atomic E-state index is 13.2. The van der Waals surface area contributed by atoms with Crippen LogP contribution in [0.1, 0.15) is 0 Å². The van der Waals surface area contributed by atoms with Crippen LogP contribution in [-0.4, -0.2) is 27.1 Å². The maximum atomic E-state index is 13.2. The summed E-state index contributed by atoms with van der Waals surface area (Å²) in [4.78, 5) is 10.7. The van der Waals surface area contributed by atoms with Gasteiger partial charge in [0.05, 0.1) is 21.5 Å². The number of nitrogens with zero attached hydrogens (tertiary/aromatic N) is 4. The molecule has 0 spiro atoms. The largest absolute Gasteiger partial charge is 0.275 e. The summed E-state index contributed by atoms with van der Waals surface area (Å²) in [6.45, 7) is 0. The predicted molar refractivity (Wildman–Crippen MR) is 99.8 cm³/mol. The summed E-state index contributed by atoms with van der Waals surface area (Å²) < 4.78 is 29.0. The minimum atomic E-state index is -3.92. The molecule has 0 bridgehead atoms. The third kappa shape index (κ3) is 2.77. The van der Waals surface area contributed by atoms with E-state index in [1.54, 1.807) is 48.4 Å². The van der Waals surface area contributed by atoms with Crippen LogP contribution in [0.4, 0.5) is 5.69 Å². The van der Waals surface area contributed by atoms with Gasteiger partial charge in [0.1, 0.15) is 0 Å². The summed E-state index contributed by atoms with van der Waals surface area (Å²) in [5.41, 5.74) is 1.42. The molecule has 136 valence electrons. The van der Waals surface area contributed by atoms with Gasteiger partial charge in [0.2, 0.25) is 0 Å². The van der Waals surface area contributed by atoms with Crippen molar-refractivity contribution in [1.82, 2.24) is 13.8 Å². The molecule has 4 aromatic rings. The molecule has 0 aliphatic carbocycles. The lowest BCUT2D eigenvalue weighted by molar-refractivity contribution is -0.384. The number of benzene rings is 2. The standard InChI is InChI=1S/C18H14N4O4S/c1-20-11-13(10-19-20)17-12-21(27(25,26)15-5-3-2-4-6-15)18-9-14(22(23)24)7-8-16(17)18/h2-12H,1H3. The number of rotatable bonds is 4. The molecule has 2 aromatic heterocycles. The van der Waals surface area contributed by atoms with E-state index in [4.69, 9.17) is 0 Å². The van der Waals surface area contributed by atoms with Crippen molar-refractivity contribution in [3.05, 3.63) is 77.2 Å². The molecule has 0 N–H and O–H groups in total. The normalized spacial score (nSPS) is 11.7. The lowest BCUT2D eigenvalue weighted by Crippen LogP contribution is -2.11. The van der Waals surface area contributed by atoms with Crippen molar-refractivity contribution < 1.29 is 13.3 Å². The molecule has 2 heterocycles. The Hall–Kier alpha value is -3.46. The second-order valence-electron chi connectivity index (χ2n) is 6.02. The van der Waals surface area contributed by atoms with Crippen LogP contribution in [0.3, 0.4) is 0 Å². The van der Waals surface area contributed by atoms with E-state index in [9.17, 15) is 18.5 Å². The Kier molecular flexibility index (Phi) is 3.81. The molecule has 0 amide bonds. The minimum absolute atomic E-state index is 0.103. The minimum Gasteiger partial charge on any atom is -0.275 e. The summed E-state index contributed by atoms with van der Waals surface area (Å²) in [5, 5.41) is 15.9. The van der Waals surface area contributed by atoms with E-state index in [-0.39, 0.29) is 16.1 Å². The predicted octanol–water partition coefficient (Wildman–Crippen LogP) is 3.19. The number of nitro groups is 1. The van der Waals surface area contributed by atoms with Crippen molar-refractivity contribution in [2.24, 2.45) is 7.05 Å². The van der Waals surface area contributed by atoms with E-state index in [0.29, 0.717) is 10.9 Å². The highest BCUT2D eigenvalue weighted by Gasteiger charge is 2.23. The number of aromatic nitrogens is 3. The second kappa shape index (κ2) is 6.06. The van der Waals surface area contributed by atoms with E-state index >= 15 is 0 Å². The van der Waals surface area contributed by atoms with E-state index in [1.807, 2.05) is 0 Å². The lowest BCUT2D eigenvalue weighted by atomic mass is 10.1. The van der Waals surface area contributed by atoms with E-state index in [1.165, 1.54) is 30.5 Å². The molecule has 8 nitrogen and oxygen atoms in total. The van der Waals surface area contributed by atoms with Gasteiger partial charge in [-0.25, -0.2) is 12.4 Å². The molecule has 0 unspecified atom stereocenters. The number of fused-ring (bicyclic) bond motifs is 1. The molecule has 4 rings (SSSR count). The van der Waals surface area contributed by atoms with Gasteiger partial charge in [-0.1, -0.05) is 18.2 Å². The van der Waals surface area contributed by atoms with Crippen molar-refractivity contribution in [1.29, 1.82) is 0 Å². The van der Waals surface area contributed by atoms with Gasteiger partial charge in [0.15, 0.2) is 0 Å². The summed E-state index contributed by atoms with van der Waals surface area (Å²) >= 11 is 0. The molecular weight excluding hydrogens is 368 g/mol. The zero-order valence-electron chi connectivity index (χ0n) is 14.2. The van der Waals surface area contributed by atoms with Gasteiger partial charge >= 0.3 is 0 Å². The molecule has 0 aliphatic heterocycles. The van der Waals surface area contributed by atoms with Gasteiger partial charge in [-0.15, -0.1) is 0 Å². The Morgan fingerprint density at radius 3 is 2.44 bits per heavy atom. The van der Waals surface area contributed by atoms with E-state index < -0.39 is 14.9 Å². The van der Waals surface area contributed by atoms with Crippen LogP contribution in [0.2, 0.25) is 0 Å². The van der Waals surface area contributed by atoms with E-state index in [0.717, 1.165) is 9.54 Å². The Balaban J connectivity index is 2.05. The number of nitro benzene ring substituents is 1. The lowest BCUT2D eigenvalue weighted by Gasteiger charge is -2.07. The van der Waals surface area contributed by atoms with Crippen LogP contribution < -0.4 is 0 Å². The van der Waals surface area contributed by atoms with Gasteiger partial charge in [-0.2, -0.15) is 5.10 Å². The molecule has 9 heteroatoms. The van der Waals surface area contributed by atoms with Crippen molar-refractivity contribution >= 4 is 26.6 Å². The summed E-state index contributed by atoms with van der Waals surface area (Å²) in [7, 11) is -2.16. The number of non-ortho nitro benzene ring substituents is 1. The first-order valence-electron chi connectivity index (χ1n) is 7.97. The van der Waals surface area contributed by atoms with Crippen LogP contribution >= 0.6 is 0 Å². The van der Waals surface area contributed by atoms with Gasteiger partial charge in [0.25, 0.3) is 15.7 Å². The monoisotopic (exact) mass is 382 g/mol. The Morgan fingerprint density at radius 1 is 1.07 bits per heavy atom. The molecule has 0 saturated heterocycles. The average Bonchev–Trinajstić information content (AvgIpc) is 3.25. The quantitative estimate of drug-likeness (QED) is 0.399. The van der Waals surface area contributed by atoms with Gasteiger partial charge in [-0.05, 0) is 18.2 Å². The highest BCUT2D eigenvalue weighted by molar-refractivity contribution is 7.90. The molecule has 0 aliphatic rings. The first-order valence-corrected chi connectivity index (χ1v) is 9.41. The van der Waals surface area contributed by atoms with Gasteiger partial charge in [0, 0.05) is 48.1 Å². The molecule has 0 atom stereocenters. The third-order valence-electron chi connectivity index (χ3n) is 4.28. The first kappa shape index (κ1) is 17.0. The number of hydrogen-bond donors (Lipinski definition) is 0. The van der Waals surface area contributed by atoms with Gasteiger partial charge in [-0.3, -0.25) is 14.8 Å². The zero-order valence-corrected chi connectivity index (χ0v) is 15.0. The number of hydrogen-bond acceptors (Lipinski definition) is 5. The highest BCUT2D eigenvalue weighted by Crippen LogP contribution is 2.34. The van der Waals surface area contributed by atoms with Crippen LogP contribution in [0.25, 0.3) is 22.0 Å². The third-order valence-corrected chi connectivity index (χ3v) is 5.97. The summed E-state index contributed by atoms with van der Waals surface area (Å²) in [5.74, 6) is 0. The molecule has 0 saturated carbocycles. The van der Waals surface area contributed by atoms with Crippen LogP contribution in [0.5, 0.6) is 0 Å². The SMILES string of the molecule is Cn1cc(-c2cn(S(=O)(=O)c3ccccc3)c3cc([N+](=O)[O-])ccc23)cn1. The first-order chi connectivity index (χ1) is 12.9. The molecular formula is C18H14N4O4S. The fourth-order valence-electron chi connectivity index (χ4n) is 3.00. The average molecular weight is 382 g/mol. The van der Waals surface area contributed by atoms with Crippen molar-refractivity contribution in [2.75, 3.05) is 0 Å². The second-order valence-corrected chi connectivity index (χ2v) is 7.83. The molecule has 0 radical (unpaired) electrons. The van der Waals surface area contributed by atoms with Crippen molar-refractivity contribution in [2.45, 2.75) is 4.90 Å². The zero-order chi connectivity index (χ0) is 19.2. The summed E-state index contributed by atoms with van der Waals surface area (Å²) in [6.07, 6.45) is 4.86. The molecule has 27 heavy (non-hydrogen) atoms. The Labute approximate surface area is 154 Å². The topological polar surface area (TPSA) is 100 Å². The van der Waals surface area contributed by atoms with Crippen molar-refractivity contribution in [3.8, 4) is 11.1 Å². The maximum Gasteiger partial charge on any atom is 0.271 e. The van der Waals surface area contributed by atoms with Crippen LogP contribution in [-0.2, 0) is 17.1 Å². The smallest absolute Gasteiger partial charge is 0.271 e.